The fourth-order valence-electron chi connectivity index (χ4n) is 1.83. The van der Waals surface area contributed by atoms with Gasteiger partial charge in [0.2, 0.25) is 0 Å². The van der Waals surface area contributed by atoms with E-state index in [0.717, 1.165) is 6.54 Å². The van der Waals surface area contributed by atoms with Crippen molar-refractivity contribution in [1.82, 2.24) is 4.90 Å². The third kappa shape index (κ3) is 11.2. The third-order valence-corrected chi connectivity index (χ3v) is 3.70. The van der Waals surface area contributed by atoms with Crippen LogP contribution in [-0.4, -0.2) is 35.7 Å². The summed E-state index contributed by atoms with van der Waals surface area (Å²) in [4.78, 5) is 2.23. The Morgan fingerprint density at radius 3 is 2.05 bits per heavy atom. The van der Waals surface area contributed by atoms with Crippen LogP contribution in [-0.2, 0) is 0 Å². The van der Waals surface area contributed by atoms with Crippen LogP contribution in [0, 0.1) is 11.8 Å². The Morgan fingerprint density at radius 1 is 1.30 bits per heavy atom. The van der Waals surface area contributed by atoms with E-state index in [2.05, 4.69) is 45.9 Å². The molecule has 0 aromatic carbocycles. The lowest BCUT2D eigenvalue weighted by molar-refractivity contribution is 0.172. The first-order valence-electron chi connectivity index (χ1n) is 7.52. The molecule has 0 radical (unpaired) electrons. The van der Waals surface area contributed by atoms with Gasteiger partial charge in [0.15, 0.2) is 0 Å². The number of nitrogens with zero attached hydrogens (tertiary/aromatic N) is 1. The number of aliphatic hydroxyl groups excluding tert-OH is 1. The molecule has 20 heavy (non-hydrogen) atoms. The highest BCUT2D eigenvalue weighted by Crippen LogP contribution is 2.18. The van der Waals surface area contributed by atoms with Gasteiger partial charge < -0.3 is 10.0 Å². The van der Waals surface area contributed by atoms with Gasteiger partial charge in [-0.05, 0) is 33.2 Å². The topological polar surface area (TPSA) is 23.5 Å². The normalized spacial score (nSPS) is 16.6. The van der Waals surface area contributed by atoms with Gasteiger partial charge in [0.25, 0.3) is 0 Å². The molecule has 0 bridgehead atoms. The molecule has 2 nitrogen and oxygen atoms in total. The van der Waals surface area contributed by atoms with E-state index in [1.807, 2.05) is 6.92 Å². The molecule has 1 N–H and O–H groups in total. The van der Waals surface area contributed by atoms with Crippen LogP contribution in [0.25, 0.3) is 0 Å². The third-order valence-electron chi connectivity index (χ3n) is 3.70. The van der Waals surface area contributed by atoms with Crippen LogP contribution in [0.1, 0.15) is 47.5 Å². The molecule has 0 aliphatic carbocycles. The molecule has 3 heteroatoms. The van der Waals surface area contributed by atoms with E-state index in [1.165, 1.54) is 18.9 Å². The van der Waals surface area contributed by atoms with Gasteiger partial charge >= 0.3 is 0 Å². The summed E-state index contributed by atoms with van der Waals surface area (Å²) >= 11 is 0. The van der Waals surface area contributed by atoms with Crippen molar-refractivity contribution in [2.45, 2.75) is 59.6 Å². The van der Waals surface area contributed by atoms with E-state index < -0.39 is 0 Å². The van der Waals surface area contributed by atoms with Crippen molar-refractivity contribution in [3.63, 3.8) is 0 Å². The van der Waals surface area contributed by atoms with Crippen molar-refractivity contribution in [3.8, 4) is 0 Å². The summed E-state index contributed by atoms with van der Waals surface area (Å²) in [5.74, 6) is 0.392. The standard InChI is InChI=1S/C13H26FN.C4H8O/c1-7-8-10(2)13(5)15(6)9-11(3)12(4)14;1-3-4(2)5/h10-11,13H,4,7-9H2,1-3,5-6H3;3-5H,1H2,2H3. The first-order chi connectivity index (χ1) is 9.17. The van der Waals surface area contributed by atoms with E-state index in [-0.39, 0.29) is 17.8 Å². The minimum absolute atomic E-state index is 0.0636. The summed E-state index contributed by atoms with van der Waals surface area (Å²) in [6.07, 6.45) is 3.57. The molecular formula is C17H34FNO. The maximum atomic E-state index is 12.8. The number of aliphatic hydroxyl groups is 1. The average molecular weight is 287 g/mol. The van der Waals surface area contributed by atoms with Gasteiger partial charge in [-0.1, -0.05) is 39.8 Å². The molecular weight excluding hydrogens is 253 g/mol. The number of rotatable bonds is 8. The fraction of sp³-hybridized carbons (Fsp3) is 0.765. The molecule has 4 atom stereocenters. The maximum Gasteiger partial charge on any atom is 0.0968 e. The highest BCUT2D eigenvalue weighted by Gasteiger charge is 2.18. The Morgan fingerprint density at radius 2 is 1.75 bits per heavy atom. The summed E-state index contributed by atoms with van der Waals surface area (Å²) in [5, 5.41) is 8.24. The quantitative estimate of drug-likeness (QED) is 0.668. The Labute approximate surface area is 125 Å². The molecule has 0 aliphatic rings. The van der Waals surface area contributed by atoms with Crippen LogP contribution in [0.4, 0.5) is 4.39 Å². The van der Waals surface area contributed by atoms with Crippen LogP contribution >= 0.6 is 0 Å². The molecule has 0 aromatic heterocycles. The summed E-state index contributed by atoms with van der Waals surface area (Å²) in [7, 11) is 2.07. The molecule has 0 heterocycles. The van der Waals surface area contributed by atoms with Crippen molar-refractivity contribution in [2.24, 2.45) is 11.8 Å². The van der Waals surface area contributed by atoms with Crippen LogP contribution in [0.5, 0.6) is 0 Å². The molecule has 0 saturated carbocycles. The van der Waals surface area contributed by atoms with Crippen molar-refractivity contribution in [3.05, 3.63) is 25.1 Å². The predicted octanol–water partition coefficient (Wildman–Crippen LogP) is 4.42. The molecule has 4 unspecified atom stereocenters. The predicted molar refractivity (Wildman–Crippen MR) is 87.5 cm³/mol. The van der Waals surface area contributed by atoms with Gasteiger partial charge in [-0.15, -0.1) is 6.58 Å². The number of hydrogen-bond acceptors (Lipinski definition) is 2. The molecule has 0 aliphatic heterocycles. The summed E-state index contributed by atoms with van der Waals surface area (Å²) in [6, 6.07) is 0.506. The molecule has 0 rings (SSSR count). The van der Waals surface area contributed by atoms with E-state index in [0.29, 0.717) is 12.0 Å². The molecule has 0 spiro atoms. The lowest BCUT2D eigenvalue weighted by Crippen LogP contribution is -2.37. The van der Waals surface area contributed by atoms with E-state index >= 15 is 0 Å². The second-order valence-corrected chi connectivity index (χ2v) is 5.77. The Hall–Kier alpha value is -0.670. The number of hydrogen-bond donors (Lipinski definition) is 1. The molecule has 120 valence electrons. The van der Waals surface area contributed by atoms with E-state index in [9.17, 15) is 4.39 Å². The summed E-state index contributed by atoms with van der Waals surface area (Å²) in [5.41, 5.74) is 0. The SMILES string of the molecule is C=C(F)C(C)CN(C)C(C)C(C)CCC.C=CC(C)O. The lowest BCUT2D eigenvalue weighted by Gasteiger charge is -2.31. The zero-order valence-electron chi connectivity index (χ0n) is 14.2. The second-order valence-electron chi connectivity index (χ2n) is 5.77. The monoisotopic (exact) mass is 287 g/mol. The number of halogens is 1. The minimum atomic E-state index is -0.352. The van der Waals surface area contributed by atoms with Gasteiger partial charge in [0, 0.05) is 18.5 Å². The van der Waals surface area contributed by atoms with Gasteiger partial charge in [-0.2, -0.15) is 0 Å². The second kappa shape index (κ2) is 12.1. The van der Waals surface area contributed by atoms with Gasteiger partial charge in [0.05, 0.1) is 11.9 Å². The fourth-order valence-corrected chi connectivity index (χ4v) is 1.83. The highest BCUT2D eigenvalue weighted by atomic mass is 19.1. The van der Waals surface area contributed by atoms with Gasteiger partial charge in [-0.3, -0.25) is 0 Å². The Balaban J connectivity index is 0. The molecule has 0 saturated heterocycles. The Kier molecular flexibility index (Phi) is 13.1. The van der Waals surface area contributed by atoms with Crippen LogP contribution in [0.2, 0.25) is 0 Å². The zero-order valence-corrected chi connectivity index (χ0v) is 14.2. The average Bonchev–Trinajstić information content (AvgIpc) is 2.38. The van der Waals surface area contributed by atoms with Crippen LogP contribution in [0.15, 0.2) is 25.1 Å². The molecule has 0 fully saturated rings. The first-order valence-corrected chi connectivity index (χ1v) is 7.52. The minimum Gasteiger partial charge on any atom is -0.389 e. The van der Waals surface area contributed by atoms with Gasteiger partial charge in [0.1, 0.15) is 0 Å². The Bertz CT molecular complexity index is 266. The maximum absolute atomic E-state index is 12.8. The zero-order chi connectivity index (χ0) is 16.3. The summed E-state index contributed by atoms with van der Waals surface area (Å²) < 4.78 is 12.8. The smallest absolute Gasteiger partial charge is 0.0968 e. The van der Waals surface area contributed by atoms with E-state index in [4.69, 9.17) is 5.11 Å². The van der Waals surface area contributed by atoms with Crippen molar-refractivity contribution in [1.29, 1.82) is 0 Å². The van der Waals surface area contributed by atoms with Crippen molar-refractivity contribution < 1.29 is 9.50 Å². The largest absolute Gasteiger partial charge is 0.389 e. The van der Waals surface area contributed by atoms with Gasteiger partial charge in [-0.25, -0.2) is 4.39 Å². The van der Waals surface area contributed by atoms with E-state index in [1.54, 1.807) is 6.92 Å². The van der Waals surface area contributed by atoms with Crippen LogP contribution < -0.4 is 0 Å². The molecule has 0 aromatic rings. The molecule has 0 amide bonds. The summed E-state index contributed by atoms with van der Waals surface area (Å²) in [6.45, 7) is 17.6. The lowest BCUT2D eigenvalue weighted by atomic mass is 9.96. The first kappa shape index (κ1) is 21.6. The highest BCUT2D eigenvalue weighted by molar-refractivity contribution is 4.88. The van der Waals surface area contributed by atoms with Crippen molar-refractivity contribution in [2.75, 3.05) is 13.6 Å². The van der Waals surface area contributed by atoms with Crippen molar-refractivity contribution >= 4 is 0 Å². The van der Waals surface area contributed by atoms with Crippen LogP contribution in [0.3, 0.4) is 0 Å².